The quantitative estimate of drug-likeness (QED) is 0.337. The van der Waals surface area contributed by atoms with E-state index in [-0.39, 0.29) is 5.69 Å². The highest BCUT2D eigenvalue weighted by molar-refractivity contribution is 5.90. The number of pyridine rings is 1. The van der Waals surface area contributed by atoms with E-state index in [0.29, 0.717) is 12.1 Å². The number of hydrogen-bond acceptors (Lipinski definition) is 2. The molecule has 1 heterocycles. The van der Waals surface area contributed by atoms with Crippen LogP contribution in [0.1, 0.15) is 30.7 Å². The van der Waals surface area contributed by atoms with Gasteiger partial charge in [-0.1, -0.05) is 80.6 Å². The first-order chi connectivity index (χ1) is 16.6. The smallest absolute Gasteiger partial charge is 0.320 e. The minimum Gasteiger partial charge on any atom is -0.322 e. The number of benzene rings is 3. The lowest BCUT2D eigenvalue weighted by Crippen LogP contribution is -2.50. The van der Waals surface area contributed by atoms with Crippen LogP contribution >= 0.6 is 0 Å². The van der Waals surface area contributed by atoms with Gasteiger partial charge in [0, 0.05) is 18.7 Å². The zero-order valence-electron chi connectivity index (χ0n) is 19.1. The van der Waals surface area contributed by atoms with E-state index in [1.807, 2.05) is 86.6 Å². The molecule has 4 aromatic rings. The van der Waals surface area contributed by atoms with Gasteiger partial charge in [0.05, 0.1) is 11.4 Å². The SMILES string of the molecule is CC.O=C(Nc1cc(F)ccc1F)NC(Cc1ccccc1)(c1ccccc1)c1ccccn1. The summed E-state index contributed by atoms with van der Waals surface area (Å²) in [6, 6.07) is 26.8. The summed E-state index contributed by atoms with van der Waals surface area (Å²) < 4.78 is 27.7. The fourth-order valence-electron chi connectivity index (χ4n) is 3.70. The molecule has 1 aromatic heterocycles. The third-order valence-corrected chi connectivity index (χ3v) is 5.18. The molecule has 0 saturated carbocycles. The Morgan fingerprint density at radius 1 is 0.853 bits per heavy atom. The Labute approximate surface area is 198 Å². The second kappa shape index (κ2) is 11.7. The largest absolute Gasteiger partial charge is 0.322 e. The lowest BCUT2D eigenvalue weighted by atomic mass is 9.80. The van der Waals surface area contributed by atoms with Crippen LogP contribution in [0.5, 0.6) is 0 Å². The summed E-state index contributed by atoms with van der Waals surface area (Å²) in [7, 11) is 0. The summed E-state index contributed by atoms with van der Waals surface area (Å²) in [5.74, 6) is -1.38. The number of carbonyl (C=O) groups excluding carboxylic acids is 1. The van der Waals surface area contributed by atoms with Gasteiger partial charge in [0.15, 0.2) is 0 Å². The fourth-order valence-corrected chi connectivity index (χ4v) is 3.70. The summed E-state index contributed by atoms with van der Waals surface area (Å²) in [4.78, 5) is 17.6. The molecule has 0 aliphatic rings. The van der Waals surface area contributed by atoms with Crippen LogP contribution in [0.15, 0.2) is 103 Å². The molecule has 2 N–H and O–H groups in total. The van der Waals surface area contributed by atoms with Crippen molar-refractivity contribution in [3.63, 3.8) is 0 Å². The highest BCUT2D eigenvalue weighted by atomic mass is 19.1. The van der Waals surface area contributed by atoms with Crippen molar-refractivity contribution in [2.75, 3.05) is 5.32 Å². The molecule has 1 atom stereocenters. The minimum absolute atomic E-state index is 0.245. The van der Waals surface area contributed by atoms with Crippen molar-refractivity contribution >= 4 is 11.7 Å². The fraction of sp³-hybridized carbons (Fsp3) is 0.143. The van der Waals surface area contributed by atoms with E-state index in [1.54, 1.807) is 12.3 Å². The number of nitrogens with zero attached hydrogens (tertiary/aromatic N) is 1. The third kappa shape index (κ3) is 5.84. The maximum Gasteiger partial charge on any atom is 0.320 e. The van der Waals surface area contributed by atoms with Gasteiger partial charge in [0.1, 0.15) is 17.2 Å². The summed E-state index contributed by atoms with van der Waals surface area (Å²) in [5.41, 5.74) is 1.09. The van der Waals surface area contributed by atoms with E-state index < -0.39 is 23.2 Å². The van der Waals surface area contributed by atoms with E-state index in [2.05, 4.69) is 15.6 Å². The van der Waals surface area contributed by atoms with Crippen molar-refractivity contribution in [3.8, 4) is 0 Å². The van der Waals surface area contributed by atoms with Gasteiger partial charge in [-0.15, -0.1) is 0 Å². The van der Waals surface area contributed by atoms with E-state index in [1.165, 1.54) is 0 Å². The van der Waals surface area contributed by atoms with Crippen molar-refractivity contribution in [2.24, 2.45) is 0 Å². The first-order valence-corrected chi connectivity index (χ1v) is 11.1. The highest BCUT2D eigenvalue weighted by Crippen LogP contribution is 2.32. The molecule has 174 valence electrons. The third-order valence-electron chi connectivity index (χ3n) is 5.18. The average Bonchev–Trinajstić information content (AvgIpc) is 2.88. The zero-order chi connectivity index (χ0) is 24.4. The van der Waals surface area contributed by atoms with Crippen LogP contribution in [0.3, 0.4) is 0 Å². The number of halogens is 2. The molecule has 0 aliphatic carbocycles. The van der Waals surface area contributed by atoms with Gasteiger partial charge in [-0.25, -0.2) is 13.6 Å². The van der Waals surface area contributed by atoms with Gasteiger partial charge in [-0.05, 0) is 35.4 Å². The molecule has 4 nitrogen and oxygen atoms in total. The Morgan fingerprint density at radius 3 is 2.15 bits per heavy atom. The first-order valence-electron chi connectivity index (χ1n) is 11.1. The van der Waals surface area contributed by atoms with Crippen LogP contribution in [0, 0.1) is 11.6 Å². The lowest BCUT2D eigenvalue weighted by Gasteiger charge is -2.35. The van der Waals surface area contributed by atoms with Crippen LogP contribution < -0.4 is 10.6 Å². The maximum absolute atomic E-state index is 14.1. The standard InChI is InChI=1S/C26H21F2N3O.C2H6/c27-21-14-15-22(28)23(17-21)30-25(32)31-26(20-11-5-2-6-12-20,24-13-7-8-16-29-24)18-19-9-3-1-4-10-19;1-2/h1-17H,18H2,(H2,30,31,32);1-2H3. The van der Waals surface area contributed by atoms with Gasteiger partial charge in [0.25, 0.3) is 0 Å². The molecular weight excluding hydrogens is 432 g/mol. The molecule has 3 aromatic carbocycles. The number of carbonyl (C=O) groups is 1. The number of rotatable bonds is 6. The summed E-state index contributed by atoms with van der Waals surface area (Å²) in [6.07, 6.45) is 2.05. The van der Waals surface area contributed by atoms with E-state index in [9.17, 15) is 13.6 Å². The normalized spacial score (nSPS) is 12.0. The molecule has 1 unspecified atom stereocenters. The maximum atomic E-state index is 14.1. The van der Waals surface area contributed by atoms with E-state index in [0.717, 1.165) is 29.3 Å². The number of anilines is 1. The van der Waals surface area contributed by atoms with Crippen LogP contribution in [-0.2, 0) is 12.0 Å². The van der Waals surface area contributed by atoms with Gasteiger partial charge in [0.2, 0.25) is 0 Å². The van der Waals surface area contributed by atoms with Crippen molar-refractivity contribution in [1.82, 2.24) is 10.3 Å². The number of aromatic nitrogens is 1. The molecule has 2 amide bonds. The molecule has 6 heteroatoms. The monoisotopic (exact) mass is 459 g/mol. The summed E-state index contributed by atoms with van der Waals surface area (Å²) >= 11 is 0. The van der Waals surface area contributed by atoms with E-state index >= 15 is 0 Å². The molecule has 0 radical (unpaired) electrons. The molecule has 34 heavy (non-hydrogen) atoms. The van der Waals surface area contributed by atoms with Crippen molar-refractivity contribution in [2.45, 2.75) is 25.8 Å². The molecule has 0 spiro atoms. The van der Waals surface area contributed by atoms with Gasteiger partial charge >= 0.3 is 6.03 Å². The average molecular weight is 460 g/mol. The second-order valence-corrected chi connectivity index (χ2v) is 7.35. The van der Waals surface area contributed by atoms with Crippen LogP contribution in [0.4, 0.5) is 19.3 Å². The minimum atomic E-state index is -1.06. The molecule has 4 rings (SSSR count). The molecule has 0 saturated heterocycles. The zero-order valence-corrected chi connectivity index (χ0v) is 19.1. The van der Waals surface area contributed by atoms with Crippen molar-refractivity contribution < 1.29 is 13.6 Å². The lowest BCUT2D eigenvalue weighted by molar-refractivity contribution is 0.241. The van der Waals surface area contributed by atoms with Gasteiger partial charge < -0.3 is 10.6 Å². The predicted octanol–water partition coefficient (Wildman–Crippen LogP) is 6.69. The Bertz CT molecular complexity index is 1150. The molecule has 0 bridgehead atoms. The highest BCUT2D eigenvalue weighted by Gasteiger charge is 2.37. The number of amides is 2. The van der Waals surface area contributed by atoms with Crippen LogP contribution in [0.25, 0.3) is 0 Å². The van der Waals surface area contributed by atoms with E-state index in [4.69, 9.17) is 0 Å². The molecule has 0 aliphatic heterocycles. The summed E-state index contributed by atoms with van der Waals surface area (Å²) in [6.45, 7) is 4.00. The number of urea groups is 1. The Morgan fingerprint density at radius 2 is 1.50 bits per heavy atom. The molecule has 0 fully saturated rings. The van der Waals surface area contributed by atoms with Crippen molar-refractivity contribution in [1.29, 1.82) is 0 Å². The van der Waals surface area contributed by atoms with Crippen molar-refractivity contribution in [3.05, 3.63) is 132 Å². The second-order valence-electron chi connectivity index (χ2n) is 7.35. The van der Waals surface area contributed by atoms with Gasteiger partial charge in [-0.3, -0.25) is 4.98 Å². The first kappa shape index (κ1) is 24.6. The van der Waals surface area contributed by atoms with Crippen LogP contribution in [-0.4, -0.2) is 11.0 Å². The molecular formula is C28H27F2N3O. The van der Waals surface area contributed by atoms with Gasteiger partial charge in [-0.2, -0.15) is 0 Å². The Balaban J connectivity index is 0.00000158. The van der Waals surface area contributed by atoms with Crippen LogP contribution in [0.2, 0.25) is 0 Å². The number of nitrogens with one attached hydrogen (secondary N) is 2. The predicted molar refractivity (Wildman–Crippen MR) is 131 cm³/mol. The Kier molecular flexibility index (Phi) is 8.46. The summed E-state index contributed by atoms with van der Waals surface area (Å²) in [5, 5.41) is 5.44. The Hall–Kier alpha value is -4.06. The number of hydrogen-bond donors (Lipinski definition) is 2. The topological polar surface area (TPSA) is 54.0 Å².